The number of carbonyl (C=O) groups is 2. The van der Waals surface area contributed by atoms with E-state index in [9.17, 15) is 9.59 Å². The highest BCUT2D eigenvalue weighted by molar-refractivity contribution is 5.84. The number of nitrogens with two attached hydrogens (primary N) is 1. The molecule has 0 aromatic heterocycles. The van der Waals surface area contributed by atoms with E-state index in [4.69, 9.17) is 10.5 Å². The molecular weight excluding hydrogens is 374 g/mol. The van der Waals surface area contributed by atoms with Crippen LogP contribution in [0.4, 0.5) is 0 Å². The molecule has 30 heavy (non-hydrogen) atoms. The summed E-state index contributed by atoms with van der Waals surface area (Å²) in [7, 11) is 0. The Balaban J connectivity index is 1.76. The van der Waals surface area contributed by atoms with E-state index in [0.717, 1.165) is 32.1 Å². The maximum atomic E-state index is 13.1. The van der Waals surface area contributed by atoms with E-state index >= 15 is 0 Å². The number of cyclic esters (lactones) is 1. The van der Waals surface area contributed by atoms with Crippen LogP contribution < -0.4 is 5.73 Å². The third kappa shape index (κ3) is 5.25. The molecule has 0 aromatic rings. The van der Waals surface area contributed by atoms with Gasteiger partial charge in [-0.25, -0.2) is 0 Å². The maximum absolute atomic E-state index is 13.1. The second kappa shape index (κ2) is 9.38. The highest BCUT2D eigenvalue weighted by Gasteiger charge is 2.41. The molecule has 2 N–H and O–H groups in total. The first kappa shape index (κ1) is 23.2. The van der Waals surface area contributed by atoms with Gasteiger partial charge in [-0.2, -0.15) is 0 Å². The first-order valence-corrected chi connectivity index (χ1v) is 12.0. The third-order valence-corrected chi connectivity index (χ3v) is 7.97. The topological polar surface area (TPSA) is 69.4 Å². The quantitative estimate of drug-likeness (QED) is 0.579. The summed E-state index contributed by atoms with van der Waals surface area (Å²) >= 11 is 0. The van der Waals surface area contributed by atoms with Gasteiger partial charge in [0.25, 0.3) is 0 Å². The van der Waals surface area contributed by atoms with Gasteiger partial charge in [0.1, 0.15) is 11.9 Å². The zero-order chi connectivity index (χ0) is 22.1. The smallest absolute Gasteiger partial charge is 0.307 e. The van der Waals surface area contributed by atoms with Gasteiger partial charge < -0.3 is 10.5 Å². The molecule has 3 aliphatic rings. The molecule has 0 spiro atoms. The van der Waals surface area contributed by atoms with E-state index in [1.165, 1.54) is 5.57 Å². The van der Waals surface area contributed by atoms with Crippen molar-refractivity contribution in [2.75, 3.05) is 0 Å². The Morgan fingerprint density at radius 3 is 2.63 bits per heavy atom. The van der Waals surface area contributed by atoms with Gasteiger partial charge in [0, 0.05) is 24.3 Å². The fourth-order valence-electron chi connectivity index (χ4n) is 5.74. The summed E-state index contributed by atoms with van der Waals surface area (Å²) in [5.74, 6) is 2.51. The first-order chi connectivity index (χ1) is 14.1. The molecule has 0 aromatic carbocycles. The van der Waals surface area contributed by atoms with Crippen molar-refractivity contribution in [1.29, 1.82) is 0 Å². The minimum atomic E-state index is -0.247. The molecule has 1 saturated heterocycles. The van der Waals surface area contributed by atoms with Crippen LogP contribution in [0, 0.1) is 35.0 Å². The molecule has 1 heterocycles. The normalized spacial score (nSPS) is 36.7. The zero-order valence-electron chi connectivity index (χ0n) is 19.5. The molecule has 1 aliphatic heterocycles. The number of esters is 1. The van der Waals surface area contributed by atoms with Crippen LogP contribution in [0.5, 0.6) is 0 Å². The Kier molecular flexibility index (Phi) is 7.27. The Labute approximate surface area is 182 Å². The van der Waals surface area contributed by atoms with Crippen molar-refractivity contribution in [3.63, 3.8) is 0 Å². The van der Waals surface area contributed by atoms with Crippen LogP contribution in [0.2, 0.25) is 0 Å². The summed E-state index contributed by atoms with van der Waals surface area (Å²) in [5.41, 5.74) is 7.22. The third-order valence-electron chi connectivity index (χ3n) is 7.97. The van der Waals surface area contributed by atoms with Gasteiger partial charge in [-0.3, -0.25) is 9.59 Å². The van der Waals surface area contributed by atoms with Gasteiger partial charge in [-0.1, -0.05) is 52.8 Å². The summed E-state index contributed by atoms with van der Waals surface area (Å²) in [6, 6.07) is -0.0763. The van der Waals surface area contributed by atoms with Crippen molar-refractivity contribution in [3.05, 3.63) is 23.8 Å². The van der Waals surface area contributed by atoms with Crippen molar-refractivity contribution in [2.45, 2.75) is 91.7 Å². The standard InChI is InChI=1S/C26H41NO3/c1-6-26(4,5)23(28)13-19-12-16(2)11-18-8-7-17(3)22(25(18)19)10-9-21-14-20(27)15-24(29)30-21/h7-8,11,16-17,19-22,25H,6,9-10,12-15,27H2,1-5H3/t16-,17-,19+,20?,21+,22-,25?/m0/s1. The molecule has 1 fully saturated rings. The minimum Gasteiger partial charge on any atom is -0.462 e. The number of fused-ring (bicyclic) bond motifs is 1. The number of allylic oxidation sites excluding steroid dienone is 4. The van der Waals surface area contributed by atoms with Gasteiger partial charge in [-0.15, -0.1) is 0 Å². The predicted molar refractivity (Wildman–Crippen MR) is 121 cm³/mol. The lowest BCUT2D eigenvalue weighted by molar-refractivity contribution is -0.155. The highest BCUT2D eigenvalue weighted by atomic mass is 16.5. The van der Waals surface area contributed by atoms with Gasteiger partial charge in [0.05, 0.1) is 6.42 Å². The van der Waals surface area contributed by atoms with Crippen LogP contribution >= 0.6 is 0 Å². The van der Waals surface area contributed by atoms with Gasteiger partial charge in [0.2, 0.25) is 0 Å². The summed E-state index contributed by atoms with van der Waals surface area (Å²) in [6.07, 6.45) is 12.6. The molecule has 0 saturated carbocycles. The second-order valence-corrected chi connectivity index (χ2v) is 10.8. The Bertz CT molecular complexity index is 707. The van der Waals surface area contributed by atoms with Crippen LogP contribution in [0.15, 0.2) is 23.8 Å². The van der Waals surface area contributed by atoms with Gasteiger partial charge >= 0.3 is 5.97 Å². The molecule has 4 nitrogen and oxygen atoms in total. The molecule has 2 unspecified atom stereocenters. The van der Waals surface area contributed by atoms with Crippen molar-refractivity contribution < 1.29 is 14.3 Å². The SMILES string of the molecule is CCC(C)(C)C(=O)C[C@H]1C[C@@H](C)C=C2C=C[C@H](C)[C@H](CC[C@@H]3CC(N)CC(=O)O3)C21. The van der Waals surface area contributed by atoms with Gasteiger partial charge in [0.15, 0.2) is 0 Å². The predicted octanol–water partition coefficient (Wildman–Crippen LogP) is 5.22. The lowest BCUT2D eigenvalue weighted by Crippen LogP contribution is -2.40. The lowest BCUT2D eigenvalue weighted by Gasteiger charge is -2.44. The lowest BCUT2D eigenvalue weighted by atomic mass is 9.60. The summed E-state index contributed by atoms with van der Waals surface area (Å²) < 4.78 is 5.58. The first-order valence-electron chi connectivity index (χ1n) is 12.0. The highest BCUT2D eigenvalue weighted by Crippen LogP contribution is 2.48. The Morgan fingerprint density at radius 2 is 1.97 bits per heavy atom. The molecule has 168 valence electrons. The average molecular weight is 416 g/mol. The van der Waals surface area contributed by atoms with Crippen molar-refractivity contribution in [2.24, 2.45) is 40.7 Å². The minimum absolute atomic E-state index is 0.0617. The van der Waals surface area contributed by atoms with E-state index in [1.807, 2.05) is 0 Å². The monoisotopic (exact) mass is 415 g/mol. The van der Waals surface area contributed by atoms with Crippen LogP contribution in [0.1, 0.15) is 79.6 Å². The number of carbonyl (C=O) groups excluding carboxylic acids is 2. The number of ketones is 1. The van der Waals surface area contributed by atoms with E-state index in [-0.39, 0.29) is 23.5 Å². The van der Waals surface area contributed by atoms with Crippen molar-refractivity contribution in [1.82, 2.24) is 0 Å². The fraction of sp³-hybridized carbons (Fsp3) is 0.769. The maximum Gasteiger partial charge on any atom is 0.307 e. The van der Waals surface area contributed by atoms with E-state index in [0.29, 0.717) is 48.2 Å². The molecule has 0 radical (unpaired) electrons. The molecule has 3 rings (SSSR count). The van der Waals surface area contributed by atoms with Crippen LogP contribution in [-0.4, -0.2) is 23.9 Å². The van der Waals surface area contributed by atoms with E-state index in [2.05, 4.69) is 52.8 Å². The van der Waals surface area contributed by atoms with Crippen LogP contribution in [0.3, 0.4) is 0 Å². The Morgan fingerprint density at radius 1 is 1.23 bits per heavy atom. The molecular formula is C26H41NO3. The fourth-order valence-corrected chi connectivity index (χ4v) is 5.74. The average Bonchev–Trinajstić information content (AvgIpc) is 2.66. The number of hydrogen-bond acceptors (Lipinski definition) is 4. The van der Waals surface area contributed by atoms with E-state index < -0.39 is 0 Å². The van der Waals surface area contributed by atoms with Gasteiger partial charge in [-0.05, 0) is 60.8 Å². The second-order valence-electron chi connectivity index (χ2n) is 10.8. The zero-order valence-corrected chi connectivity index (χ0v) is 19.5. The largest absolute Gasteiger partial charge is 0.462 e. The number of hydrogen-bond donors (Lipinski definition) is 1. The Hall–Kier alpha value is -1.42. The number of rotatable bonds is 7. The molecule has 7 atom stereocenters. The van der Waals surface area contributed by atoms with E-state index in [1.54, 1.807) is 0 Å². The molecule has 0 amide bonds. The number of ether oxygens (including phenoxy) is 1. The van der Waals surface area contributed by atoms with Crippen molar-refractivity contribution >= 4 is 11.8 Å². The molecule has 2 aliphatic carbocycles. The molecule has 4 heteroatoms. The van der Waals surface area contributed by atoms with Crippen molar-refractivity contribution in [3.8, 4) is 0 Å². The van der Waals surface area contributed by atoms with Crippen LogP contribution in [0.25, 0.3) is 0 Å². The van der Waals surface area contributed by atoms with Crippen LogP contribution in [-0.2, 0) is 14.3 Å². The summed E-state index contributed by atoms with van der Waals surface area (Å²) in [4.78, 5) is 24.9. The molecule has 0 bridgehead atoms. The summed E-state index contributed by atoms with van der Waals surface area (Å²) in [5, 5.41) is 0. The summed E-state index contributed by atoms with van der Waals surface area (Å²) in [6.45, 7) is 10.8. The number of Topliss-reactive ketones (excluding diaryl/α,β-unsaturated/α-hetero) is 1.